The molecule has 0 aliphatic heterocycles. The van der Waals surface area contributed by atoms with E-state index in [9.17, 15) is 34.9 Å². The van der Waals surface area contributed by atoms with Crippen molar-refractivity contribution >= 4 is 10.1 Å². The van der Waals surface area contributed by atoms with E-state index in [0.717, 1.165) is 12.1 Å². The first-order valence-electron chi connectivity index (χ1n) is 4.38. The van der Waals surface area contributed by atoms with E-state index in [2.05, 4.69) is 4.74 Å². The largest absolute Gasteiger partial charge is 1.00 e. The Balaban J connectivity index is 0.00000361. The molecule has 0 amide bonds. The molecular weight excluding hydrogens is 322 g/mol. The summed E-state index contributed by atoms with van der Waals surface area (Å²) in [6, 6.07) is 0.802. The van der Waals surface area contributed by atoms with Crippen LogP contribution in [-0.4, -0.2) is 19.1 Å². The Hall–Kier alpha value is -0.680. The predicted octanol–water partition coefficient (Wildman–Crippen LogP) is -0.356. The molecule has 1 rings (SSSR count). The molecule has 11 heteroatoms. The Kier molecular flexibility index (Phi) is 6.62. The Morgan fingerprint density at radius 3 is 2.10 bits per heavy atom. The van der Waals surface area contributed by atoms with E-state index in [4.69, 9.17) is 0 Å². The smallest absolute Gasteiger partial charge is 0.744 e. The van der Waals surface area contributed by atoms with Gasteiger partial charge in [-0.05, 0) is 12.1 Å². The van der Waals surface area contributed by atoms with E-state index >= 15 is 0 Å². The van der Waals surface area contributed by atoms with Gasteiger partial charge in [0.2, 0.25) is 0 Å². The van der Waals surface area contributed by atoms with Crippen molar-refractivity contribution in [3.05, 3.63) is 36.1 Å². The number of alkyl halides is 3. The van der Waals surface area contributed by atoms with Gasteiger partial charge in [0.05, 0.1) is 4.90 Å². The second-order valence-corrected chi connectivity index (χ2v) is 4.44. The summed E-state index contributed by atoms with van der Waals surface area (Å²) in [5, 5.41) is 0. The molecule has 0 N–H and O–H groups in total. The van der Waals surface area contributed by atoms with Crippen LogP contribution in [0.2, 0.25) is 0 Å². The first kappa shape index (κ1) is 19.3. The summed E-state index contributed by atoms with van der Waals surface area (Å²) in [6.07, 6.45) is -5.63. The van der Waals surface area contributed by atoms with Gasteiger partial charge in [0.15, 0.2) is 0 Å². The molecule has 1 aromatic carbocycles. The average molecular weight is 326 g/mol. The van der Waals surface area contributed by atoms with Gasteiger partial charge in [-0.2, -0.15) is 22.0 Å². The SMILES string of the molecule is O=S(=O)([O-])c1ccccc1O/C(F)=C(\F)C(F)(F)F.[Na+]. The topological polar surface area (TPSA) is 66.4 Å². The fraction of sp³-hybridized carbons (Fsp3) is 0.111. The second-order valence-electron chi connectivity index (χ2n) is 3.09. The average Bonchev–Trinajstić information content (AvgIpc) is 2.26. The maximum absolute atomic E-state index is 12.8. The van der Waals surface area contributed by atoms with E-state index in [0.29, 0.717) is 12.1 Å². The maximum atomic E-state index is 12.8. The van der Waals surface area contributed by atoms with Crippen LogP contribution in [0.4, 0.5) is 22.0 Å². The van der Waals surface area contributed by atoms with Crippen molar-refractivity contribution in [2.24, 2.45) is 0 Å². The summed E-state index contributed by atoms with van der Waals surface area (Å²) in [5.41, 5.74) is 0. The van der Waals surface area contributed by atoms with Crippen molar-refractivity contribution in [3.8, 4) is 5.75 Å². The molecule has 4 nitrogen and oxygen atoms in total. The Labute approximate surface area is 132 Å². The number of hydrogen-bond acceptors (Lipinski definition) is 4. The molecule has 0 fully saturated rings. The van der Waals surface area contributed by atoms with Crippen LogP contribution >= 0.6 is 0 Å². The molecular formula is C9H4F5NaO4S. The van der Waals surface area contributed by atoms with Gasteiger partial charge in [-0.15, -0.1) is 0 Å². The molecule has 0 heterocycles. The quantitative estimate of drug-likeness (QED) is 0.329. The Morgan fingerprint density at radius 1 is 1.15 bits per heavy atom. The third kappa shape index (κ3) is 5.02. The fourth-order valence-electron chi connectivity index (χ4n) is 0.994. The zero-order valence-electron chi connectivity index (χ0n) is 9.74. The van der Waals surface area contributed by atoms with Gasteiger partial charge in [-0.3, -0.25) is 0 Å². The number of benzene rings is 1. The van der Waals surface area contributed by atoms with Gasteiger partial charge < -0.3 is 9.29 Å². The maximum Gasteiger partial charge on any atom is 1.00 e. The minimum absolute atomic E-state index is 0. The molecule has 1 aromatic rings. The first-order chi connectivity index (χ1) is 8.53. The van der Waals surface area contributed by atoms with E-state index in [1.54, 1.807) is 0 Å². The van der Waals surface area contributed by atoms with Crippen LogP contribution in [0.25, 0.3) is 0 Å². The van der Waals surface area contributed by atoms with Gasteiger partial charge in [-0.1, -0.05) is 12.1 Å². The molecule has 0 bridgehead atoms. The van der Waals surface area contributed by atoms with Crippen LogP contribution < -0.4 is 34.3 Å². The zero-order chi connectivity index (χ0) is 14.8. The summed E-state index contributed by atoms with van der Waals surface area (Å²) in [4.78, 5) is -1.11. The summed E-state index contributed by atoms with van der Waals surface area (Å²) < 4.78 is 96.6. The van der Waals surface area contributed by atoms with Crippen molar-refractivity contribution in [2.45, 2.75) is 11.1 Å². The molecule has 0 radical (unpaired) electrons. The molecule has 0 aliphatic carbocycles. The van der Waals surface area contributed by atoms with Crippen molar-refractivity contribution in [2.75, 3.05) is 0 Å². The second kappa shape index (κ2) is 6.85. The summed E-state index contributed by atoms with van der Waals surface area (Å²) in [7, 11) is -5.11. The number of ether oxygens (including phenoxy) is 1. The minimum atomic E-state index is -5.63. The Morgan fingerprint density at radius 2 is 1.65 bits per heavy atom. The Bertz CT molecular complexity index is 611. The van der Waals surface area contributed by atoms with Crippen LogP contribution in [0.15, 0.2) is 41.0 Å². The van der Waals surface area contributed by atoms with Crippen LogP contribution in [0.5, 0.6) is 5.75 Å². The molecule has 106 valence electrons. The molecule has 0 aliphatic rings. The molecule has 0 unspecified atom stereocenters. The standard InChI is InChI=1S/C9H5F5O4S.Na/c10-7(9(12,13)14)8(11)18-5-3-1-2-4-6(5)19(15,16)17;/h1-4H,(H,15,16,17);/q;+1/p-1/b8-7-;. The predicted molar refractivity (Wildman–Crippen MR) is 50.3 cm³/mol. The third-order valence-electron chi connectivity index (χ3n) is 1.74. The number of allylic oxidation sites excluding steroid dienone is 1. The number of halogens is 5. The molecule has 0 saturated heterocycles. The molecule has 0 saturated carbocycles. The number of rotatable bonds is 3. The van der Waals surface area contributed by atoms with Crippen molar-refractivity contribution < 1.29 is 69.2 Å². The van der Waals surface area contributed by atoms with Gasteiger partial charge in [0.25, 0.3) is 5.83 Å². The van der Waals surface area contributed by atoms with E-state index < -0.39 is 38.8 Å². The number of para-hydroxylation sites is 1. The number of hydrogen-bond donors (Lipinski definition) is 0. The van der Waals surface area contributed by atoms with Crippen molar-refractivity contribution in [1.29, 1.82) is 0 Å². The molecule has 0 spiro atoms. The van der Waals surface area contributed by atoms with Crippen LogP contribution in [0.3, 0.4) is 0 Å². The fourth-order valence-corrected chi connectivity index (χ4v) is 1.60. The first-order valence-corrected chi connectivity index (χ1v) is 5.79. The molecule has 0 aromatic heterocycles. The van der Waals surface area contributed by atoms with Crippen molar-refractivity contribution in [1.82, 2.24) is 0 Å². The van der Waals surface area contributed by atoms with Gasteiger partial charge >= 0.3 is 41.7 Å². The molecule has 20 heavy (non-hydrogen) atoms. The minimum Gasteiger partial charge on any atom is -0.744 e. The third-order valence-corrected chi connectivity index (χ3v) is 2.62. The van der Waals surface area contributed by atoms with Gasteiger partial charge in [0.1, 0.15) is 15.9 Å². The van der Waals surface area contributed by atoms with Gasteiger partial charge in [0, 0.05) is 0 Å². The van der Waals surface area contributed by atoms with Crippen LogP contribution in [0.1, 0.15) is 0 Å². The summed E-state index contributed by atoms with van der Waals surface area (Å²) in [6.45, 7) is 0. The van der Waals surface area contributed by atoms with Crippen LogP contribution in [-0.2, 0) is 10.1 Å². The molecule has 0 atom stereocenters. The van der Waals surface area contributed by atoms with E-state index in [1.165, 1.54) is 0 Å². The van der Waals surface area contributed by atoms with E-state index in [-0.39, 0.29) is 29.6 Å². The normalized spacial score (nSPS) is 13.3. The van der Waals surface area contributed by atoms with Crippen molar-refractivity contribution in [3.63, 3.8) is 0 Å². The van der Waals surface area contributed by atoms with Crippen LogP contribution in [0, 0.1) is 0 Å². The zero-order valence-corrected chi connectivity index (χ0v) is 12.6. The monoisotopic (exact) mass is 326 g/mol. The van der Waals surface area contributed by atoms with Gasteiger partial charge in [-0.25, -0.2) is 8.42 Å². The summed E-state index contributed by atoms with van der Waals surface area (Å²) >= 11 is 0. The summed E-state index contributed by atoms with van der Waals surface area (Å²) in [5.74, 6) is -4.22. The van der Waals surface area contributed by atoms with E-state index in [1.807, 2.05) is 0 Å².